The van der Waals surface area contributed by atoms with Gasteiger partial charge in [-0.3, -0.25) is 4.90 Å². The summed E-state index contributed by atoms with van der Waals surface area (Å²) in [4.78, 5) is 12.8. The second kappa shape index (κ2) is 9.77. The number of fused-ring (bicyclic) bond motifs is 1. The van der Waals surface area contributed by atoms with Gasteiger partial charge in [0.1, 0.15) is 0 Å². The van der Waals surface area contributed by atoms with Crippen LogP contribution in [0, 0.1) is 0 Å². The minimum absolute atomic E-state index is 0.271. The van der Waals surface area contributed by atoms with E-state index in [2.05, 4.69) is 13.2 Å². The Labute approximate surface area is 127 Å². The first-order valence-electron chi connectivity index (χ1n) is 7.08. The lowest BCUT2D eigenvalue weighted by molar-refractivity contribution is 0.211. The molecule has 0 saturated heterocycles. The third kappa shape index (κ3) is 5.44. The highest BCUT2D eigenvalue weighted by atomic mass is 16.3. The molecule has 1 heterocycles. The normalized spacial score (nSPS) is 16.3. The van der Waals surface area contributed by atoms with E-state index < -0.39 is 12.1 Å². The Balaban J connectivity index is 0.000000713. The highest BCUT2D eigenvalue weighted by Crippen LogP contribution is 2.27. The number of allylic oxidation sites excluding steroid dienone is 1. The second-order valence-corrected chi connectivity index (χ2v) is 4.34. The van der Waals surface area contributed by atoms with Crippen molar-refractivity contribution in [3.8, 4) is 0 Å². The number of primary amides is 1. The summed E-state index contributed by atoms with van der Waals surface area (Å²) in [6, 6.07) is 6.90. The van der Waals surface area contributed by atoms with Crippen molar-refractivity contribution in [2.45, 2.75) is 33.3 Å². The molecule has 2 rings (SSSR count). The van der Waals surface area contributed by atoms with Crippen molar-refractivity contribution in [1.29, 1.82) is 0 Å². The molecule has 4 nitrogen and oxygen atoms in total. The molecule has 0 aromatic heterocycles. The number of aliphatic hydroxyl groups excluding tert-OH is 1. The Bertz CT molecular complexity index is 483. The number of nitrogens with two attached hydrogens (primary N) is 1. The van der Waals surface area contributed by atoms with Crippen molar-refractivity contribution >= 4 is 11.7 Å². The molecular formula is C17H26N2O2. The molecule has 1 aromatic rings. The van der Waals surface area contributed by atoms with Gasteiger partial charge in [-0.2, -0.15) is 0 Å². The number of anilines is 1. The van der Waals surface area contributed by atoms with Crippen LogP contribution in [0.5, 0.6) is 0 Å². The Morgan fingerprint density at radius 1 is 1.43 bits per heavy atom. The molecule has 1 atom stereocenters. The largest absolute Gasteiger partial charge is 0.388 e. The van der Waals surface area contributed by atoms with E-state index in [4.69, 9.17) is 5.73 Å². The highest BCUT2D eigenvalue weighted by molar-refractivity contribution is 5.92. The molecule has 0 radical (unpaired) electrons. The van der Waals surface area contributed by atoms with Crippen molar-refractivity contribution in [1.82, 2.24) is 0 Å². The Morgan fingerprint density at radius 3 is 2.48 bits per heavy atom. The van der Waals surface area contributed by atoms with E-state index in [1.807, 2.05) is 45.0 Å². The van der Waals surface area contributed by atoms with E-state index in [0.29, 0.717) is 12.0 Å². The molecular weight excluding hydrogens is 264 g/mol. The summed E-state index contributed by atoms with van der Waals surface area (Å²) in [5.74, 6) is 0. The van der Waals surface area contributed by atoms with Gasteiger partial charge < -0.3 is 10.8 Å². The highest BCUT2D eigenvalue weighted by Gasteiger charge is 2.24. The zero-order valence-electron chi connectivity index (χ0n) is 13.2. The number of para-hydroxylation sites is 1. The Hall–Kier alpha value is -2.07. The Kier molecular flexibility index (Phi) is 8.81. The van der Waals surface area contributed by atoms with Crippen LogP contribution in [0.3, 0.4) is 0 Å². The van der Waals surface area contributed by atoms with E-state index in [1.165, 1.54) is 4.90 Å². The quantitative estimate of drug-likeness (QED) is 0.720. The number of hydrogen-bond donors (Lipinski definition) is 2. The average Bonchev–Trinajstić information content (AvgIpc) is 2.60. The number of hydrogen-bond acceptors (Lipinski definition) is 2. The molecule has 1 unspecified atom stereocenters. The molecule has 0 aliphatic carbocycles. The van der Waals surface area contributed by atoms with Crippen molar-refractivity contribution in [2.24, 2.45) is 5.73 Å². The van der Waals surface area contributed by atoms with Crippen LogP contribution in [-0.4, -0.2) is 23.8 Å². The SMILES string of the molecule is C=C1CN(C(N)=O)c2ccccc2CC1O.C=CC.CC. The van der Waals surface area contributed by atoms with Gasteiger partial charge in [0.15, 0.2) is 0 Å². The predicted octanol–water partition coefficient (Wildman–Crippen LogP) is 3.26. The fraction of sp³-hybridized carbons (Fsp3) is 0.353. The molecule has 21 heavy (non-hydrogen) atoms. The third-order valence-electron chi connectivity index (χ3n) is 2.79. The van der Waals surface area contributed by atoms with E-state index in [0.717, 1.165) is 11.3 Å². The monoisotopic (exact) mass is 290 g/mol. The standard InChI is InChI=1S/C12H14N2O2.C3H6.C2H6/c1-8-7-14(12(13)16)10-5-3-2-4-9(10)6-11(8)15;1-3-2;1-2/h2-5,11,15H,1,6-7H2,(H2,13,16);3H,1H2,2H3;1-2H3. The summed E-state index contributed by atoms with van der Waals surface area (Å²) in [6.07, 6.45) is 1.60. The van der Waals surface area contributed by atoms with Crippen molar-refractivity contribution in [3.05, 3.63) is 54.6 Å². The fourth-order valence-corrected chi connectivity index (χ4v) is 1.89. The number of carbonyl (C=O) groups is 1. The number of rotatable bonds is 0. The van der Waals surface area contributed by atoms with Crippen LogP contribution in [-0.2, 0) is 6.42 Å². The number of amides is 2. The van der Waals surface area contributed by atoms with Gasteiger partial charge in [0.2, 0.25) is 0 Å². The average molecular weight is 290 g/mol. The van der Waals surface area contributed by atoms with Crippen molar-refractivity contribution < 1.29 is 9.90 Å². The van der Waals surface area contributed by atoms with Crippen molar-refractivity contribution in [2.75, 3.05) is 11.4 Å². The number of aliphatic hydroxyl groups is 1. The summed E-state index contributed by atoms with van der Waals surface area (Å²) in [5, 5.41) is 9.83. The summed E-state index contributed by atoms with van der Waals surface area (Å²) >= 11 is 0. The van der Waals surface area contributed by atoms with E-state index >= 15 is 0 Å². The van der Waals surface area contributed by atoms with Gasteiger partial charge in [0, 0.05) is 12.1 Å². The summed E-state index contributed by atoms with van der Waals surface area (Å²) in [7, 11) is 0. The van der Waals surface area contributed by atoms with E-state index in [9.17, 15) is 9.90 Å². The number of benzene rings is 1. The maximum atomic E-state index is 11.3. The lowest BCUT2D eigenvalue weighted by Gasteiger charge is -2.20. The molecule has 4 heteroatoms. The van der Waals surface area contributed by atoms with Crippen molar-refractivity contribution in [3.63, 3.8) is 0 Å². The van der Waals surface area contributed by atoms with Gasteiger partial charge in [-0.25, -0.2) is 4.79 Å². The van der Waals surface area contributed by atoms with Gasteiger partial charge in [-0.05, 0) is 24.1 Å². The summed E-state index contributed by atoms with van der Waals surface area (Å²) < 4.78 is 0. The minimum Gasteiger partial charge on any atom is -0.388 e. The lowest BCUT2D eigenvalue weighted by Crippen LogP contribution is -2.37. The van der Waals surface area contributed by atoms with Gasteiger partial charge in [-0.15, -0.1) is 6.58 Å². The molecule has 2 amide bonds. The molecule has 1 aromatic carbocycles. The van der Waals surface area contributed by atoms with Crippen LogP contribution < -0.4 is 10.6 Å². The first-order valence-corrected chi connectivity index (χ1v) is 7.08. The molecule has 1 aliphatic rings. The first kappa shape index (κ1) is 18.9. The maximum absolute atomic E-state index is 11.3. The molecule has 0 saturated carbocycles. The fourth-order valence-electron chi connectivity index (χ4n) is 1.89. The summed E-state index contributed by atoms with van der Waals surface area (Å²) in [6.45, 7) is 13.3. The summed E-state index contributed by atoms with van der Waals surface area (Å²) in [5.41, 5.74) is 7.60. The number of urea groups is 1. The minimum atomic E-state index is -0.620. The topological polar surface area (TPSA) is 66.6 Å². The first-order chi connectivity index (χ1) is 10.0. The molecule has 0 fully saturated rings. The predicted molar refractivity (Wildman–Crippen MR) is 89.4 cm³/mol. The molecule has 0 spiro atoms. The molecule has 0 bridgehead atoms. The van der Waals surface area contributed by atoms with Crippen LogP contribution in [0.25, 0.3) is 0 Å². The van der Waals surface area contributed by atoms with Crippen LogP contribution >= 0.6 is 0 Å². The van der Waals surface area contributed by atoms with Gasteiger partial charge in [0.05, 0.1) is 12.6 Å². The smallest absolute Gasteiger partial charge is 0.319 e. The molecule has 3 N–H and O–H groups in total. The molecule has 1 aliphatic heterocycles. The van der Waals surface area contributed by atoms with Gasteiger partial charge in [-0.1, -0.05) is 44.7 Å². The molecule has 116 valence electrons. The van der Waals surface area contributed by atoms with Gasteiger partial charge >= 0.3 is 6.03 Å². The zero-order chi connectivity index (χ0) is 16.4. The van der Waals surface area contributed by atoms with Crippen LogP contribution in [0.15, 0.2) is 49.1 Å². The van der Waals surface area contributed by atoms with Crippen LogP contribution in [0.1, 0.15) is 26.3 Å². The number of carbonyl (C=O) groups excluding carboxylic acids is 1. The third-order valence-corrected chi connectivity index (χ3v) is 2.79. The zero-order valence-corrected chi connectivity index (χ0v) is 13.2. The number of nitrogens with zero attached hydrogens (tertiary/aromatic N) is 1. The second-order valence-electron chi connectivity index (χ2n) is 4.34. The van der Waals surface area contributed by atoms with Gasteiger partial charge in [0.25, 0.3) is 0 Å². The van der Waals surface area contributed by atoms with E-state index in [1.54, 1.807) is 6.08 Å². The van der Waals surface area contributed by atoms with Crippen LogP contribution in [0.4, 0.5) is 10.5 Å². The lowest BCUT2D eigenvalue weighted by atomic mass is 10.0. The Morgan fingerprint density at radius 2 is 1.95 bits per heavy atom. The van der Waals surface area contributed by atoms with E-state index in [-0.39, 0.29) is 6.54 Å². The maximum Gasteiger partial charge on any atom is 0.319 e. The van der Waals surface area contributed by atoms with Crippen LogP contribution in [0.2, 0.25) is 0 Å².